The lowest BCUT2D eigenvalue weighted by molar-refractivity contribution is -0.233. The molecule has 1 saturated heterocycles. The number of carbonyl (C=O) groups is 1. The van der Waals surface area contributed by atoms with Crippen molar-refractivity contribution < 1.29 is 34.7 Å². The lowest BCUT2D eigenvalue weighted by Gasteiger charge is -2.39. The van der Waals surface area contributed by atoms with Crippen LogP contribution in [0.4, 0.5) is 5.69 Å². The Morgan fingerprint density at radius 3 is 2.74 bits per heavy atom. The average molecular weight is 435 g/mol. The van der Waals surface area contributed by atoms with Crippen LogP contribution in [0.15, 0.2) is 30.5 Å². The van der Waals surface area contributed by atoms with Crippen molar-refractivity contribution in [2.24, 2.45) is 0 Å². The largest absolute Gasteiger partial charge is 0.497 e. The van der Waals surface area contributed by atoms with Gasteiger partial charge in [-0.15, -0.1) is 0 Å². The first kappa shape index (κ1) is 23.2. The number of nitrogens with one attached hydrogen (secondary N) is 2. The number of hydrogen-bond acceptors (Lipinski definition) is 9. The molecule has 1 aromatic carbocycles. The molecule has 1 fully saturated rings. The fourth-order valence-corrected chi connectivity index (χ4v) is 3.64. The third-order valence-corrected chi connectivity index (χ3v) is 5.33. The molecule has 170 valence electrons. The van der Waals surface area contributed by atoms with E-state index in [1.54, 1.807) is 13.3 Å². The molecule has 3 rings (SSSR count). The van der Waals surface area contributed by atoms with Crippen LogP contribution >= 0.6 is 0 Å². The summed E-state index contributed by atoms with van der Waals surface area (Å²) in [5, 5.41) is 46.0. The van der Waals surface area contributed by atoms with Crippen LogP contribution in [0.25, 0.3) is 10.9 Å². The summed E-state index contributed by atoms with van der Waals surface area (Å²) >= 11 is 0. The Morgan fingerprint density at radius 1 is 1.26 bits per heavy atom. The zero-order valence-corrected chi connectivity index (χ0v) is 17.4. The van der Waals surface area contributed by atoms with E-state index in [9.17, 15) is 20.1 Å². The van der Waals surface area contributed by atoms with E-state index in [2.05, 4.69) is 15.6 Å². The van der Waals surface area contributed by atoms with Gasteiger partial charge in [-0.2, -0.15) is 0 Å². The van der Waals surface area contributed by atoms with E-state index >= 15 is 0 Å². The van der Waals surface area contributed by atoms with Crippen molar-refractivity contribution in [3.8, 4) is 5.75 Å². The van der Waals surface area contributed by atoms with E-state index in [4.69, 9.17) is 14.6 Å². The van der Waals surface area contributed by atoms with Crippen LogP contribution in [-0.2, 0) is 9.53 Å². The van der Waals surface area contributed by atoms with Gasteiger partial charge in [0.05, 0.1) is 18.3 Å². The summed E-state index contributed by atoms with van der Waals surface area (Å²) in [6, 6.07) is 7.75. The predicted molar refractivity (Wildman–Crippen MR) is 113 cm³/mol. The predicted octanol–water partition coefficient (Wildman–Crippen LogP) is 0.306. The highest BCUT2D eigenvalue weighted by atomic mass is 16.6. The lowest BCUT2D eigenvalue weighted by Crippen LogP contribution is -2.63. The van der Waals surface area contributed by atoms with E-state index < -0.39 is 36.6 Å². The van der Waals surface area contributed by atoms with Crippen molar-refractivity contribution in [2.75, 3.05) is 19.0 Å². The van der Waals surface area contributed by atoms with Crippen molar-refractivity contribution in [3.05, 3.63) is 30.5 Å². The number of aliphatic hydroxyl groups is 3. The fourth-order valence-electron chi connectivity index (χ4n) is 3.64. The van der Waals surface area contributed by atoms with Gasteiger partial charge >= 0.3 is 5.97 Å². The lowest BCUT2D eigenvalue weighted by atomic mass is 9.98. The maximum absolute atomic E-state index is 11.2. The Kier molecular flexibility index (Phi) is 7.63. The van der Waals surface area contributed by atoms with Crippen molar-refractivity contribution in [2.45, 2.75) is 56.5 Å². The number of nitrogens with zero attached hydrogens (tertiary/aromatic N) is 1. The number of ether oxygens (including phenoxy) is 2. The molecule has 10 nitrogen and oxygen atoms in total. The number of methoxy groups -OCH3 is 1. The maximum Gasteiger partial charge on any atom is 0.335 e. The normalized spacial score (nSPS) is 27.1. The second kappa shape index (κ2) is 10.2. The van der Waals surface area contributed by atoms with Crippen LogP contribution in [0.3, 0.4) is 0 Å². The molecule has 0 radical (unpaired) electrons. The van der Waals surface area contributed by atoms with Crippen LogP contribution < -0.4 is 15.4 Å². The Morgan fingerprint density at radius 2 is 2.03 bits per heavy atom. The van der Waals surface area contributed by atoms with Gasteiger partial charge in [-0.25, -0.2) is 4.79 Å². The molecule has 10 heteroatoms. The number of carboxylic acids is 1. The zero-order chi connectivity index (χ0) is 22.5. The van der Waals surface area contributed by atoms with E-state index in [0.717, 1.165) is 28.8 Å². The van der Waals surface area contributed by atoms with Gasteiger partial charge in [-0.3, -0.25) is 10.3 Å². The quantitative estimate of drug-likeness (QED) is 0.303. The highest BCUT2D eigenvalue weighted by Crippen LogP contribution is 2.28. The van der Waals surface area contributed by atoms with Gasteiger partial charge in [0, 0.05) is 23.7 Å². The molecule has 2 heterocycles. The summed E-state index contributed by atoms with van der Waals surface area (Å²) in [5.41, 5.74) is 1.71. The number of benzene rings is 1. The third kappa shape index (κ3) is 5.41. The van der Waals surface area contributed by atoms with Crippen LogP contribution in [0.1, 0.15) is 19.8 Å². The number of fused-ring (bicyclic) bond motifs is 1. The van der Waals surface area contributed by atoms with Gasteiger partial charge in [0.1, 0.15) is 30.3 Å². The van der Waals surface area contributed by atoms with E-state index in [1.165, 1.54) is 0 Å². The average Bonchev–Trinajstić information content (AvgIpc) is 2.76. The Hall–Kier alpha value is -2.50. The Labute approximate surface area is 179 Å². The molecule has 1 aromatic heterocycles. The summed E-state index contributed by atoms with van der Waals surface area (Å²) in [6.07, 6.45) is -4.25. The molecule has 0 spiro atoms. The molecule has 31 heavy (non-hydrogen) atoms. The van der Waals surface area contributed by atoms with Crippen LogP contribution in [0.2, 0.25) is 0 Å². The summed E-state index contributed by atoms with van der Waals surface area (Å²) < 4.78 is 10.6. The minimum atomic E-state index is -1.69. The first-order valence-corrected chi connectivity index (χ1v) is 10.2. The number of aliphatic hydroxyl groups excluding tert-OH is 3. The minimum absolute atomic E-state index is 0.0930. The van der Waals surface area contributed by atoms with Gasteiger partial charge in [-0.05, 0) is 38.4 Å². The zero-order valence-electron chi connectivity index (χ0n) is 17.4. The van der Waals surface area contributed by atoms with Crippen molar-refractivity contribution >= 4 is 22.6 Å². The molecule has 1 aliphatic heterocycles. The monoisotopic (exact) mass is 435 g/mol. The van der Waals surface area contributed by atoms with Crippen LogP contribution in [0.5, 0.6) is 5.75 Å². The maximum atomic E-state index is 11.2. The van der Waals surface area contributed by atoms with Crippen molar-refractivity contribution in [1.82, 2.24) is 10.3 Å². The number of aromatic nitrogens is 1. The molecular formula is C21H29N3O7. The molecular weight excluding hydrogens is 406 g/mol. The number of rotatable bonds is 9. The van der Waals surface area contributed by atoms with E-state index in [-0.39, 0.29) is 6.04 Å². The van der Waals surface area contributed by atoms with Gasteiger partial charge in [-0.1, -0.05) is 6.07 Å². The SMILES string of the molecule is COc1cc(NC(C)CCCN[C@H]2O[C@@H](C(=O)O)[C@H](O)[C@@H](O)[C@@H]2O)c2ncccc2c1. The summed E-state index contributed by atoms with van der Waals surface area (Å²) in [5.74, 6) is -0.670. The van der Waals surface area contributed by atoms with Crippen molar-refractivity contribution in [3.63, 3.8) is 0 Å². The smallest absolute Gasteiger partial charge is 0.335 e. The molecule has 2 aromatic rings. The van der Waals surface area contributed by atoms with E-state index in [1.807, 2.05) is 31.2 Å². The first-order chi connectivity index (χ1) is 14.8. The van der Waals surface area contributed by atoms with Gasteiger partial charge < -0.3 is 35.2 Å². The van der Waals surface area contributed by atoms with Crippen molar-refractivity contribution in [1.29, 1.82) is 0 Å². The van der Waals surface area contributed by atoms with Gasteiger partial charge in [0.25, 0.3) is 0 Å². The van der Waals surface area contributed by atoms with Crippen LogP contribution in [0, 0.1) is 0 Å². The second-order valence-corrected chi connectivity index (χ2v) is 7.68. The third-order valence-electron chi connectivity index (χ3n) is 5.33. The number of aliphatic carboxylic acids is 1. The molecule has 0 bridgehead atoms. The summed E-state index contributed by atoms with van der Waals surface area (Å²) in [7, 11) is 1.61. The topological polar surface area (TPSA) is 153 Å². The van der Waals surface area contributed by atoms with Gasteiger partial charge in [0.15, 0.2) is 6.10 Å². The highest BCUT2D eigenvalue weighted by molar-refractivity contribution is 5.91. The molecule has 1 aliphatic rings. The molecule has 1 unspecified atom stereocenters. The first-order valence-electron chi connectivity index (χ1n) is 10.2. The van der Waals surface area contributed by atoms with Gasteiger partial charge in [0.2, 0.25) is 0 Å². The number of pyridine rings is 1. The summed E-state index contributed by atoms with van der Waals surface area (Å²) in [4.78, 5) is 15.6. The number of carboxylic acid groups (broad SMARTS) is 1. The number of anilines is 1. The molecule has 6 atom stereocenters. The fraction of sp³-hybridized carbons (Fsp3) is 0.524. The second-order valence-electron chi connectivity index (χ2n) is 7.68. The van der Waals surface area contributed by atoms with Crippen LogP contribution in [-0.4, -0.2) is 81.7 Å². The standard InChI is InChI=1S/C21H29N3O7/c1-11(24-14-10-13(30-2)9-12-6-4-7-22-15(12)14)5-3-8-23-20-18(27)16(25)17(26)19(31-20)21(28)29/h4,6-7,9-11,16-20,23-27H,3,5,8H2,1-2H3,(H,28,29)/t11?,16-,17-,18+,19-,20+/m1/s1. The Bertz CT molecular complexity index is 896. The molecule has 0 amide bonds. The molecule has 6 N–H and O–H groups in total. The molecule has 0 saturated carbocycles. The molecule has 0 aliphatic carbocycles. The van der Waals surface area contributed by atoms with E-state index in [0.29, 0.717) is 13.0 Å². The number of hydrogen-bond donors (Lipinski definition) is 6. The highest BCUT2D eigenvalue weighted by Gasteiger charge is 2.46. The minimum Gasteiger partial charge on any atom is -0.497 e. The Balaban J connectivity index is 1.52. The summed E-state index contributed by atoms with van der Waals surface area (Å²) in [6.45, 7) is 2.45.